The topological polar surface area (TPSA) is 114 Å². The van der Waals surface area contributed by atoms with E-state index in [9.17, 15) is 14.4 Å². The number of aromatic nitrogens is 2. The van der Waals surface area contributed by atoms with E-state index in [0.29, 0.717) is 35.6 Å². The zero-order valence-corrected chi connectivity index (χ0v) is 19.8. The number of carbonyl (C=O) groups is 3. The number of ether oxygens (including phenoxy) is 1. The second-order valence-corrected chi connectivity index (χ2v) is 9.30. The number of hydrogen-bond donors (Lipinski definition) is 2. The molecule has 0 radical (unpaired) electrons. The Kier molecular flexibility index (Phi) is 7.44. The molecule has 1 fully saturated rings. The van der Waals surface area contributed by atoms with Crippen molar-refractivity contribution < 1.29 is 19.1 Å². The molecule has 2 N–H and O–H groups in total. The Balaban J connectivity index is 1.55. The van der Waals surface area contributed by atoms with Gasteiger partial charge >= 0.3 is 6.09 Å². The second kappa shape index (κ2) is 10.1. The number of hydrogen-bond acceptors (Lipinski definition) is 6. The molecule has 10 heteroatoms. The molecule has 1 aliphatic heterocycles. The van der Waals surface area contributed by atoms with Gasteiger partial charge in [-0.2, -0.15) is 0 Å². The number of rotatable bonds is 4. The standard InChI is InChI=1S/C22H26BrN5O4/c1-22(2,3)32-21(31)28-11-5-6-14(13-28)19(29)25-15-9-10-18(24-12-15)27-20(30)16-7-4-8-17(23)26-16/h4,7-10,12,14H,5-6,11,13H2,1-3H3,(H,25,29)(H,24,27,30)/t14-/m0/s1. The molecule has 32 heavy (non-hydrogen) atoms. The van der Waals surface area contributed by atoms with Crippen molar-refractivity contribution in [2.75, 3.05) is 23.7 Å². The molecule has 3 heterocycles. The molecule has 0 aliphatic carbocycles. The lowest BCUT2D eigenvalue weighted by atomic mass is 9.97. The highest BCUT2D eigenvalue weighted by atomic mass is 79.9. The molecule has 1 atom stereocenters. The summed E-state index contributed by atoms with van der Waals surface area (Å²) in [5, 5.41) is 5.49. The van der Waals surface area contributed by atoms with Gasteiger partial charge in [-0.15, -0.1) is 0 Å². The highest BCUT2D eigenvalue weighted by Gasteiger charge is 2.31. The van der Waals surface area contributed by atoms with Crippen LogP contribution in [0.4, 0.5) is 16.3 Å². The van der Waals surface area contributed by atoms with Crippen LogP contribution >= 0.6 is 15.9 Å². The van der Waals surface area contributed by atoms with E-state index >= 15 is 0 Å². The van der Waals surface area contributed by atoms with Gasteiger partial charge in [0, 0.05) is 13.1 Å². The number of amides is 3. The van der Waals surface area contributed by atoms with E-state index < -0.39 is 11.7 Å². The van der Waals surface area contributed by atoms with E-state index in [1.54, 1.807) is 35.2 Å². The average molecular weight is 504 g/mol. The molecule has 0 saturated carbocycles. The molecule has 9 nitrogen and oxygen atoms in total. The average Bonchev–Trinajstić information content (AvgIpc) is 2.74. The third-order valence-corrected chi connectivity index (χ3v) is 5.11. The predicted molar refractivity (Wildman–Crippen MR) is 123 cm³/mol. The number of anilines is 2. The number of piperidine rings is 1. The fraction of sp³-hybridized carbons (Fsp3) is 0.409. The van der Waals surface area contributed by atoms with Crippen molar-refractivity contribution in [1.29, 1.82) is 0 Å². The second-order valence-electron chi connectivity index (χ2n) is 8.49. The lowest BCUT2D eigenvalue weighted by Gasteiger charge is -2.33. The van der Waals surface area contributed by atoms with E-state index in [1.165, 1.54) is 6.20 Å². The van der Waals surface area contributed by atoms with Crippen LogP contribution < -0.4 is 10.6 Å². The quantitative estimate of drug-likeness (QED) is 0.607. The minimum atomic E-state index is -0.581. The van der Waals surface area contributed by atoms with Gasteiger partial charge in [0.15, 0.2) is 0 Å². The van der Waals surface area contributed by atoms with E-state index in [0.717, 1.165) is 6.42 Å². The van der Waals surface area contributed by atoms with Crippen LogP contribution in [-0.2, 0) is 9.53 Å². The largest absolute Gasteiger partial charge is 0.444 e. The van der Waals surface area contributed by atoms with Crippen LogP contribution in [0.1, 0.15) is 44.1 Å². The molecule has 0 spiro atoms. The third kappa shape index (κ3) is 6.74. The Morgan fingerprint density at radius 3 is 2.59 bits per heavy atom. The third-order valence-electron chi connectivity index (χ3n) is 4.66. The molecule has 2 aromatic rings. The molecule has 0 aromatic carbocycles. The van der Waals surface area contributed by atoms with Crippen molar-refractivity contribution in [2.24, 2.45) is 5.92 Å². The van der Waals surface area contributed by atoms with Gasteiger partial charge < -0.3 is 20.3 Å². The lowest BCUT2D eigenvalue weighted by Crippen LogP contribution is -2.45. The summed E-state index contributed by atoms with van der Waals surface area (Å²) in [6.45, 7) is 6.32. The number of pyridine rings is 2. The first kappa shape index (κ1) is 23.6. The van der Waals surface area contributed by atoms with E-state index in [1.807, 2.05) is 20.8 Å². The number of nitrogens with one attached hydrogen (secondary N) is 2. The Bertz CT molecular complexity index is 991. The Labute approximate surface area is 195 Å². The molecule has 3 amide bonds. The molecule has 1 saturated heterocycles. The molecule has 3 rings (SSSR count). The van der Waals surface area contributed by atoms with Gasteiger partial charge in [0.2, 0.25) is 5.91 Å². The van der Waals surface area contributed by atoms with Gasteiger partial charge in [-0.3, -0.25) is 9.59 Å². The molecular weight excluding hydrogens is 478 g/mol. The summed E-state index contributed by atoms with van der Waals surface area (Å²) in [6.07, 6.45) is 2.48. The minimum absolute atomic E-state index is 0.185. The summed E-state index contributed by atoms with van der Waals surface area (Å²) in [5.74, 6) is -0.572. The van der Waals surface area contributed by atoms with Crippen LogP contribution in [0.15, 0.2) is 41.1 Å². The van der Waals surface area contributed by atoms with Gasteiger partial charge in [0.25, 0.3) is 5.91 Å². The number of likely N-dealkylation sites (tertiary alicyclic amines) is 1. The first-order valence-corrected chi connectivity index (χ1v) is 11.1. The normalized spacial score (nSPS) is 16.2. The first-order chi connectivity index (χ1) is 15.1. The van der Waals surface area contributed by atoms with Crippen molar-refractivity contribution in [3.05, 3.63) is 46.8 Å². The molecular formula is C22H26BrN5O4. The summed E-state index contributed by atoms with van der Waals surface area (Å²) < 4.78 is 5.97. The van der Waals surface area contributed by atoms with Gasteiger partial charge in [0.1, 0.15) is 21.7 Å². The maximum Gasteiger partial charge on any atom is 0.410 e. The van der Waals surface area contributed by atoms with Crippen LogP contribution in [0.5, 0.6) is 0 Å². The highest BCUT2D eigenvalue weighted by molar-refractivity contribution is 9.10. The van der Waals surface area contributed by atoms with Crippen LogP contribution in [-0.4, -0.2) is 51.5 Å². The zero-order chi connectivity index (χ0) is 23.3. The first-order valence-electron chi connectivity index (χ1n) is 10.3. The predicted octanol–water partition coefficient (Wildman–Crippen LogP) is 4.08. The van der Waals surface area contributed by atoms with Crippen molar-refractivity contribution >= 4 is 45.3 Å². The lowest BCUT2D eigenvalue weighted by molar-refractivity contribution is -0.121. The molecule has 0 bridgehead atoms. The van der Waals surface area contributed by atoms with Crippen LogP contribution in [0.3, 0.4) is 0 Å². The Morgan fingerprint density at radius 2 is 1.94 bits per heavy atom. The van der Waals surface area contributed by atoms with Crippen molar-refractivity contribution in [3.63, 3.8) is 0 Å². The van der Waals surface area contributed by atoms with E-state index in [4.69, 9.17) is 4.74 Å². The maximum atomic E-state index is 12.7. The van der Waals surface area contributed by atoms with Gasteiger partial charge in [-0.1, -0.05) is 6.07 Å². The van der Waals surface area contributed by atoms with Gasteiger partial charge in [-0.05, 0) is 73.8 Å². The van der Waals surface area contributed by atoms with Crippen LogP contribution in [0.2, 0.25) is 0 Å². The zero-order valence-electron chi connectivity index (χ0n) is 18.2. The SMILES string of the molecule is CC(C)(C)OC(=O)N1CCC[C@H](C(=O)Nc2ccc(NC(=O)c3cccc(Br)n3)nc2)C1. The smallest absolute Gasteiger partial charge is 0.410 e. The van der Waals surface area contributed by atoms with Gasteiger partial charge in [0.05, 0.1) is 17.8 Å². The highest BCUT2D eigenvalue weighted by Crippen LogP contribution is 2.21. The van der Waals surface area contributed by atoms with Crippen molar-refractivity contribution in [2.45, 2.75) is 39.2 Å². The molecule has 170 valence electrons. The monoisotopic (exact) mass is 503 g/mol. The Hall–Kier alpha value is -3.01. The fourth-order valence-corrected chi connectivity index (χ4v) is 3.53. The summed E-state index contributed by atoms with van der Waals surface area (Å²) in [4.78, 5) is 47.1. The van der Waals surface area contributed by atoms with E-state index in [-0.39, 0.29) is 23.4 Å². The summed E-state index contributed by atoms with van der Waals surface area (Å²) in [5.41, 5.74) is 0.177. The summed E-state index contributed by atoms with van der Waals surface area (Å²) >= 11 is 3.23. The van der Waals surface area contributed by atoms with Crippen molar-refractivity contribution in [3.8, 4) is 0 Å². The molecule has 2 aromatic heterocycles. The molecule has 0 unspecified atom stereocenters. The van der Waals surface area contributed by atoms with Gasteiger partial charge in [-0.25, -0.2) is 14.8 Å². The minimum Gasteiger partial charge on any atom is -0.444 e. The molecule has 1 aliphatic rings. The summed E-state index contributed by atoms with van der Waals surface area (Å²) in [6, 6.07) is 8.29. The van der Waals surface area contributed by atoms with Crippen LogP contribution in [0.25, 0.3) is 0 Å². The maximum absolute atomic E-state index is 12.7. The summed E-state index contributed by atoms with van der Waals surface area (Å²) in [7, 11) is 0. The van der Waals surface area contributed by atoms with Crippen molar-refractivity contribution in [1.82, 2.24) is 14.9 Å². The number of nitrogens with zero attached hydrogens (tertiary/aromatic N) is 3. The number of carbonyl (C=O) groups excluding carboxylic acids is 3. The van der Waals surface area contributed by atoms with E-state index in [2.05, 4.69) is 36.5 Å². The fourth-order valence-electron chi connectivity index (χ4n) is 3.18. The van der Waals surface area contributed by atoms with Crippen LogP contribution in [0, 0.1) is 5.92 Å². The Morgan fingerprint density at radius 1 is 1.16 bits per heavy atom. The number of halogens is 1.